The molecule has 20 heavy (non-hydrogen) atoms. The van der Waals surface area contributed by atoms with Gasteiger partial charge in [0.15, 0.2) is 6.61 Å². The van der Waals surface area contributed by atoms with Gasteiger partial charge in [-0.1, -0.05) is 37.0 Å². The van der Waals surface area contributed by atoms with Crippen molar-refractivity contribution in [2.45, 2.75) is 19.9 Å². The maximum Gasteiger partial charge on any atom is 0.326 e. The maximum absolute atomic E-state index is 11.7. The summed E-state index contributed by atoms with van der Waals surface area (Å²) in [7, 11) is 0. The molecule has 1 rings (SSSR count). The summed E-state index contributed by atoms with van der Waals surface area (Å²) in [5.41, 5.74) is 0. The number of aliphatic carboxylic acids is 1. The van der Waals surface area contributed by atoms with Gasteiger partial charge in [-0.15, -0.1) is 0 Å². The van der Waals surface area contributed by atoms with Crippen molar-refractivity contribution >= 4 is 35.1 Å². The second-order valence-electron chi connectivity index (χ2n) is 4.49. The third-order valence-electron chi connectivity index (χ3n) is 2.50. The van der Waals surface area contributed by atoms with Gasteiger partial charge in [-0.3, -0.25) is 4.79 Å². The molecule has 0 aliphatic rings. The first-order chi connectivity index (χ1) is 9.31. The molecule has 1 aromatic rings. The van der Waals surface area contributed by atoms with E-state index in [0.29, 0.717) is 10.0 Å². The lowest BCUT2D eigenvalue weighted by molar-refractivity contribution is -0.143. The van der Waals surface area contributed by atoms with E-state index in [1.165, 1.54) is 6.07 Å². The highest BCUT2D eigenvalue weighted by molar-refractivity contribution is 6.34. The Bertz CT molecular complexity index is 505. The number of nitrogens with one attached hydrogen (secondary N) is 1. The van der Waals surface area contributed by atoms with Gasteiger partial charge < -0.3 is 15.2 Å². The topological polar surface area (TPSA) is 75.6 Å². The van der Waals surface area contributed by atoms with Crippen LogP contribution in [0.1, 0.15) is 13.8 Å². The molecule has 0 heterocycles. The molecule has 0 aliphatic heterocycles. The van der Waals surface area contributed by atoms with Gasteiger partial charge in [0.05, 0.1) is 5.02 Å². The molecule has 0 saturated heterocycles. The van der Waals surface area contributed by atoms with Crippen molar-refractivity contribution in [1.82, 2.24) is 5.32 Å². The molecule has 1 atom stereocenters. The van der Waals surface area contributed by atoms with Gasteiger partial charge in [0, 0.05) is 11.1 Å². The number of amides is 1. The third kappa shape index (κ3) is 4.90. The van der Waals surface area contributed by atoms with E-state index in [0.717, 1.165) is 0 Å². The van der Waals surface area contributed by atoms with Crippen molar-refractivity contribution < 1.29 is 19.4 Å². The molecule has 0 radical (unpaired) electrons. The van der Waals surface area contributed by atoms with Crippen LogP contribution in [0.2, 0.25) is 10.0 Å². The van der Waals surface area contributed by atoms with Crippen LogP contribution in [0.25, 0.3) is 0 Å². The Morgan fingerprint density at radius 3 is 2.55 bits per heavy atom. The number of hydrogen-bond acceptors (Lipinski definition) is 3. The third-order valence-corrected chi connectivity index (χ3v) is 3.05. The normalized spacial score (nSPS) is 12.1. The van der Waals surface area contributed by atoms with E-state index in [4.69, 9.17) is 33.0 Å². The van der Waals surface area contributed by atoms with Gasteiger partial charge in [-0.2, -0.15) is 0 Å². The highest BCUT2D eigenvalue weighted by atomic mass is 35.5. The summed E-state index contributed by atoms with van der Waals surface area (Å²) in [6.07, 6.45) is 0. The maximum atomic E-state index is 11.7. The van der Waals surface area contributed by atoms with Crippen molar-refractivity contribution in [2.24, 2.45) is 5.92 Å². The number of hydrogen-bond donors (Lipinski definition) is 2. The lowest BCUT2D eigenvalue weighted by atomic mass is 10.1. The van der Waals surface area contributed by atoms with Gasteiger partial charge in [0.1, 0.15) is 11.8 Å². The Morgan fingerprint density at radius 1 is 1.35 bits per heavy atom. The van der Waals surface area contributed by atoms with Crippen LogP contribution in [0.15, 0.2) is 18.2 Å². The predicted molar refractivity (Wildman–Crippen MR) is 76.4 cm³/mol. The van der Waals surface area contributed by atoms with E-state index in [9.17, 15) is 9.59 Å². The molecule has 0 saturated carbocycles. The zero-order valence-corrected chi connectivity index (χ0v) is 12.5. The monoisotopic (exact) mass is 319 g/mol. The summed E-state index contributed by atoms with van der Waals surface area (Å²) >= 11 is 11.7. The van der Waals surface area contributed by atoms with Gasteiger partial charge >= 0.3 is 5.97 Å². The van der Waals surface area contributed by atoms with E-state index in [-0.39, 0.29) is 18.3 Å². The fourth-order valence-corrected chi connectivity index (χ4v) is 1.79. The Kier molecular flexibility index (Phi) is 6.10. The summed E-state index contributed by atoms with van der Waals surface area (Å²) in [6, 6.07) is 3.66. The minimum Gasteiger partial charge on any atom is -0.482 e. The van der Waals surface area contributed by atoms with Crippen molar-refractivity contribution in [3.05, 3.63) is 28.2 Å². The number of benzene rings is 1. The van der Waals surface area contributed by atoms with Crippen molar-refractivity contribution in [3.8, 4) is 5.75 Å². The standard InChI is InChI=1S/C13H15Cl2NO4/c1-7(2)12(13(18)19)16-11(17)6-20-10-5-8(14)3-4-9(10)15/h3-5,7,12H,6H2,1-2H3,(H,16,17)(H,18,19)/t12-/m0/s1. The number of ether oxygens (including phenoxy) is 1. The van der Waals surface area contributed by atoms with E-state index in [1.54, 1.807) is 26.0 Å². The molecule has 5 nitrogen and oxygen atoms in total. The number of carboxylic acids is 1. The van der Waals surface area contributed by atoms with Crippen LogP contribution in [0.3, 0.4) is 0 Å². The molecule has 0 spiro atoms. The van der Waals surface area contributed by atoms with Crippen molar-refractivity contribution in [3.63, 3.8) is 0 Å². The molecule has 1 amide bonds. The number of carbonyl (C=O) groups is 2. The van der Waals surface area contributed by atoms with Crippen LogP contribution in [0.5, 0.6) is 5.75 Å². The number of carboxylic acid groups (broad SMARTS) is 1. The van der Waals surface area contributed by atoms with Gasteiger partial charge in [-0.25, -0.2) is 4.79 Å². The average molecular weight is 320 g/mol. The first kappa shape index (κ1) is 16.6. The van der Waals surface area contributed by atoms with Crippen LogP contribution < -0.4 is 10.1 Å². The molecule has 1 aromatic carbocycles. The van der Waals surface area contributed by atoms with E-state index < -0.39 is 17.9 Å². The van der Waals surface area contributed by atoms with E-state index in [1.807, 2.05) is 0 Å². The summed E-state index contributed by atoms with van der Waals surface area (Å²) in [4.78, 5) is 22.6. The van der Waals surface area contributed by atoms with Crippen LogP contribution in [-0.4, -0.2) is 29.6 Å². The first-order valence-corrected chi connectivity index (χ1v) is 6.67. The summed E-state index contributed by atoms with van der Waals surface area (Å²) in [5, 5.41) is 12.1. The zero-order chi connectivity index (χ0) is 15.3. The van der Waals surface area contributed by atoms with E-state index >= 15 is 0 Å². The predicted octanol–water partition coefficient (Wildman–Crippen LogP) is 2.60. The Balaban J connectivity index is 2.59. The quantitative estimate of drug-likeness (QED) is 0.845. The molecule has 0 aliphatic carbocycles. The van der Waals surface area contributed by atoms with Crippen LogP contribution in [0, 0.1) is 5.92 Å². The molecule has 7 heteroatoms. The Morgan fingerprint density at radius 2 is 2.00 bits per heavy atom. The summed E-state index contributed by atoms with van der Waals surface area (Å²) < 4.78 is 5.22. The highest BCUT2D eigenvalue weighted by Crippen LogP contribution is 2.27. The van der Waals surface area contributed by atoms with Gasteiger partial charge in [0.25, 0.3) is 5.91 Å². The second-order valence-corrected chi connectivity index (χ2v) is 5.33. The number of carbonyl (C=O) groups excluding carboxylic acids is 1. The lowest BCUT2D eigenvalue weighted by Crippen LogP contribution is -2.46. The van der Waals surface area contributed by atoms with Crippen molar-refractivity contribution in [2.75, 3.05) is 6.61 Å². The number of rotatable bonds is 6. The summed E-state index contributed by atoms with van der Waals surface area (Å²) in [6.45, 7) is 3.07. The van der Waals surface area contributed by atoms with Crippen LogP contribution in [-0.2, 0) is 9.59 Å². The molecular formula is C13H15Cl2NO4. The number of halogens is 2. The van der Waals surface area contributed by atoms with Gasteiger partial charge in [-0.05, 0) is 18.1 Å². The lowest BCUT2D eigenvalue weighted by Gasteiger charge is -2.18. The molecule has 2 N–H and O–H groups in total. The average Bonchev–Trinajstić information content (AvgIpc) is 2.36. The first-order valence-electron chi connectivity index (χ1n) is 5.91. The smallest absolute Gasteiger partial charge is 0.326 e. The molecule has 110 valence electrons. The molecule has 0 unspecified atom stereocenters. The molecule has 0 bridgehead atoms. The minimum atomic E-state index is -1.09. The Labute approximate surface area is 126 Å². The zero-order valence-electron chi connectivity index (χ0n) is 11.0. The minimum absolute atomic E-state index is 0.230. The Hall–Kier alpha value is -1.46. The highest BCUT2D eigenvalue weighted by Gasteiger charge is 2.23. The van der Waals surface area contributed by atoms with Gasteiger partial charge in [0.2, 0.25) is 0 Å². The summed E-state index contributed by atoms with van der Waals surface area (Å²) in [5.74, 6) is -1.59. The van der Waals surface area contributed by atoms with E-state index in [2.05, 4.69) is 5.32 Å². The van der Waals surface area contributed by atoms with Crippen LogP contribution in [0.4, 0.5) is 0 Å². The fraction of sp³-hybridized carbons (Fsp3) is 0.385. The largest absolute Gasteiger partial charge is 0.482 e. The molecular weight excluding hydrogens is 305 g/mol. The van der Waals surface area contributed by atoms with Crippen molar-refractivity contribution in [1.29, 1.82) is 0 Å². The molecule has 0 fully saturated rings. The fourth-order valence-electron chi connectivity index (χ4n) is 1.46. The molecule has 0 aromatic heterocycles. The second kappa shape index (κ2) is 7.36. The van der Waals surface area contributed by atoms with Crippen LogP contribution >= 0.6 is 23.2 Å². The SMILES string of the molecule is CC(C)[C@H](NC(=O)COc1cc(Cl)ccc1Cl)C(=O)O.